The third-order valence-corrected chi connectivity index (χ3v) is 3.23. The molecular weight excluding hydrogens is 248 g/mol. The second kappa shape index (κ2) is 8.93. The van der Waals surface area contributed by atoms with Gasteiger partial charge < -0.3 is 15.1 Å². The van der Waals surface area contributed by atoms with Crippen molar-refractivity contribution in [2.24, 2.45) is 0 Å². The Morgan fingerprint density at radius 1 is 1.20 bits per heavy atom. The first-order chi connectivity index (χ1) is 9.54. The molecule has 0 spiro atoms. The van der Waals surface area contributed by atoms with Crippen molar-refractivity contribution in [3.05, 3.63) is 24.0 Å². The molecule has 4 heteroatoms. The summed E-state index contributed by atoms with van der Waals surface area (Å²) in [5.41, 5.74) is 2.60. The van der Waals surface area contributed by atoms with Crippen LogP contribution in [0.1, 0.15) is 32.8 Å². The van der Waals surface area contributed by atoms with Crippen LogP contribution in [-0.4, -0.2) is 49.7 Å². The van der Waals surface area contributed by atoms with Crippen molar-refractivity contribution >= 4 is 5.69 Å². The number of aromatic nitrogens is 1. The summed E-state index contributed by atoms with van der Waals surface area (Å²) in [5, 5.41) is 3.49. The van der Waals surface area contributed by atoms with Crippen LogP contribution in [-0.2, 0) is 6.54 Å². The second-order valence-corrected chi connectivity index (χ2v) is 5.83. The molecular formula is C16H30N4. The van der Waals surface area contributed by atoms with Gasteiger partial charge in [-0.2, -0.15) is 0 Å². The first kappa shape index (κ1) is 16.9. The largest absolute Gasteiger partial charge is 0.370 e. The van der Waals surface area contributed by atoms with Gasteiger partial charge in [0.1, 0.15) is 0 Å². The van der Waals surface area contributed by atoms with E-state index in [9.17, 15) is 0 Å². The highest BCUT2D eigenvalue weighted by atomic mass is 15.2. The molecule has 0 bridgehead atoms. The summed E-state index contributed by atoms with van der Waals surface area (Å²) in [6.07, 6.45) is 5.04. The predicted molar refractivity (Wildman–Crippen MR) is 87.3 cm³/mol. The zero-order valence-corrected chi connectivity index (χ0v) is 13.7. The van der Waals surface area contributed by atoms with Gasteiger partial charge in [0.15, 0.2) is 0 Å². The molecule has 0 atom stereocenters. The first-order valence-corrected chi connectivity index (χ1v) is 7.60. The van der Waals surface area contributed by atoms with Gasteiger partial charge in [-0.25, -0.2) is 0 Å². The fraction of sp³-hybridized carbons (Fsp3) is 0.688. The highest BCUT2D eigenvalue weighted by molar-refractivity contribution is 5.52. The Morgan fingerprint density at radius 3 is 2.55 bits per heavy atom. The van der Waals surface area contributed by atoms with Gasteiger partial charge in [0.05, 0.1) is 0 Å². The van der Waals surface area contributed by atoms with E-state index in [1.807, 2.05) is 12.4 Å². The Labute approximate surface area is 124 Å². The molecule has 1 heterocycles. The molecule has 0 aliphatic carbocycles. The summed E-state index contributed by atoms with van der Waals surface area (Å²) < 4.78 is 0. The lowest BCUT2D eigenvalue weighted by Gasteiger charge is -2.28. The summed E-state index contributed by atoms with van der Waals surface area (Å²) in [5.74, 6) is 0. The summed E-state index contributed by atoms with van der Waals surface area (Å²) in [6.45, 7) is 10.7. The molecule has 0 aliphatic heterocycles. The molecule has 1 aromatic rings. The van der Waals surface area contributed by atoms with E-state index in [0.29, 0.717) is 6.04 Å². The number of nitrogens with one attached hydrogen (secondary N) is 1. The van der Waals surface area contributed by atoms with E-state index in [-0.39, 0.29) is 0 Å². The number of hydrogen-bond donors (Lipinski definition) is 1. The standard InChI is InChI=1S/C16H30N4/c1-6-9-20(11-10-19(4)5)16-7-8-17-12-15(16)13-18-14(2)3/h7-8,12,14,18H,6,9-11,13H2,1-5H3. The Morgan fingerprint density at radius 2 is 1.95 bits per heavy atom. The predicted octanol–water partition coefficient (Wildman–Crippen LogP) is 2.36. The van der Waals surface area contributed by atoms with E-state index in [1.165, 1.54) is 11.3 Å². The molecule has 0 amide bonds. The summed E-state index contributed by atoms with van der Waals surface area (Å²) in [4.78, 5) is 8.99. The summed E-state index contributed by atoms with van der Waals surface area (Å²) in [7, 11) is 4.25. The maximum absolute atomic E-state index is 4.28. The minimum Gasteiger partial charge on any atom is -0.370 e. The lowest BCUT2D eigenvalue weighted by atomic mass is 10.2. The molecule has 1 N–H and O–H groups in total. The maximum Gasteiger partial charge on any atom is 0.0443 e. The van der Waals surface area contributed by atoms with Crippen molar-refractivity contribution < 1.29 is 0 Å². The molecule has 1 rings (SSSR count). The normalized spacial score (nSPS) is 11.3. The number of rotatable bonds is 9. The minimum absolute atomic E-state index is 0.490. The van der Waals surface area contributed by atoms with Crippen LogP contribution >= 0.6 is 0 Å². The fourth-order valence-electron chi connectivity index (χ4n) is 2.12. The van der Waals surface area contributed by atoms with E-state index in [4.69, 9.17) is 0 Å². The SMILES string of the molecule is CCCN(CCN(C)C)c1ccncc1CNC(C)C. The Balaban J connectivity index is 2.82. The van der Waals surface area contributed by atoms with Crippen molar-refractivity contribution in [1.29, 1.82) is 0 Å². The summed E-state index contributed by atoms with van der Waals surface area (Å²) >= 11 is 0. The van der Waals surface area contributed by atoms with Crippen molar-refractivity contribution in [1.82, 2.24) is 15.2 Å². The number of hydrogen-bond acceptors (Lipinski definition) is 4. The van der Waals surface area contributed by atoms with Gasteiger partial charge in [-0.05, 0) is 26.6 Å². The van der Waals surface area contributed by atoms with Crippen molar-refractivity contribution in [2.75, 3.05) is 38.6 Å². The van der Waals surface area contributed by atoms with E-state index < -0.39 is 0 Å². The second-order valence-electron chi connectivity index (χ2n) is 5.83. The van der Waals surface area contributed by atoms with E-state index in [2.05, 4.69) is 61.0 Å². The molecule has 1 aromatic heterocycles. The van der Waals surface area contributed by atoms with E-state index >= 15 is 0 Å². The first-order valence-electron chi connectivity index (χ1n) is 7.60. The van der Waals surface area contributed by atoms with Gasteiger partial charge in [0.25, 0.3) is 0 Å². The zero-order chi connectivity index (χ0) is 15.0. The van der Waals surface area contributed by atoms with Crippen LogP contribution < -0.4 is 10.2 Å². The van der Waals surface area contributed by atoms with Crippen molar-refractivity contribution in [3.8, 4) is 0 Å². The fourth-order valence-corrected chi connectivity index (χ4v) is 2.12. The Hall–Kier alpha value is -1.13. The van der Waals surface area contributed by atoms with Crippen LogP contribution in [0.25, 0.3) is 0 Å². The van der Waals surface area contributed by atoms with Crippen LogP contribution in [0.15, 0.2) is 18.5 Å². The summed E-state index contributed by atoms with van der Waals surface area (Å²) in [6, 6.07) is 2.63. The number of anilines is 1. The third kappa shape index (κ3) is 5.88. The van der Waals surface area contributed by atoms with Crippen LogP contribution in [0.2, 0.25) is 0 Å². The smallest absolute Gasteiger partial charge is 0.0443 e. The highest BCUT2D eigenvalue weighted by Gasteiger charge is 2.11. The number of pyridine rings is 1. The van der Waals surface area contributed by atoms with Gasteiger partial charge in [-0.1, -0.05) is 20.8 Å². The molecule has 0 aromatic carbocycles. The van der Waals surface area contributed by atoms with Crippen LogP contribution in [0, 0.1) is 0 Å². The van der Waals surface area contributed by atoms with Gasteiger partial charge >= 0.3 is 0 Å². The van der Waals surface area contributed by atoms with Crippen LogP contribution in [0.4, 0.5) is 5.69 Å². The molecule has 20 heavy (non-hydrogen) atoms. The number of nitrogens with zero attached hydrogens (tertiary/aromatic N) is 3. The van der Waals surface area contributed by atoms with Gasteiger partial charge in [-0.3, -0.25) is 4.98 Å². The average Bonchev–Trinajstić information content (AvgIpc) is 2.41. The van der Waals surface area contributed by atoms with Crippen LogP contribution in [0.5, 0.6) is 0 Å². The van der Waals surface area contributed by atoms with Crippen LogP contribution in [0.3, 0.4) is 0 Å². The Kier molecular flexibility index (Phi) is 7.55. The molecule has 0 saturated heterocycles. The van der Waals surface area contributed by atoms with Gasteiger partial charge in [0.2, 0.25) is 0 Å². The van der Waals surface area contributed by atoms with Gasteiger partial charge in [-0.15, -0.1) is 0 Å². The third-order valence-electron chi connectivity index (χ3n) is 3.23. The van der Waals surface area contributed by atoms with E-state index in [1.54, 1.807) is 0 Å². The van der Waals surface area contributed by atoms with Crippen molar-refractivity contribution in [3.63, 3.8) is 0 Å². The molecule has 4 nitrogen and oxygen atoms in total. The maximum atomic E-state index is 4.28. The zero-order valence-electron chi connectivity index (χ0n) is 13.7. The lowest BCUT2D eigenvalue weighted by molar-refractivity contribution is 0.412. The molecule has 0 unspecified atom stereocenters. The minimum atomic E-state index is 0.490. The Bertz CT molecular complexity index is 376. The molecule has 0 aliphatic rings. The molecule has 0 saturated carbocycles. The lowest BCUT2D eigenvalue weighted by Crippen LogP contribution is -2.33. The average molecular weight is 278 g/mol. The van der Waals surface area contributed by atoms with Gasteiger partial charge in [0, 0.05) is 55.9 Å². The monoisotopic (exact) mass is 278 g/mol. The molecule has 114 valence electrons. The topological polar surface area (TPSA) is 31.4 Å². The highest BCUT2D eigenvalue weighted by Crippen LogP contribution is 2.19. The molecule has 0 radical (unpaired) electrons. The quantitative estimate of drug-likeness (QED) is 0.751. The van der Waals surface area contributed by atoms with Crippen molar-refractivity contribution in [2.45, 2.75) is 39.8 Å². The number of likely N-dealkylation sites (N-methyl/N-ethyl adjacent to an activating group) is 1. The molecule has 0 fully saturated rings. The van der Waals surface area contributed by atoms with E-state index in [0.717, 1.165) is 32.6 Å².